The van der Waals surface area contributed by atoms with Crippen molar-refractivity contribution in [2.24, 2.45) is 0 Å². The van der Waals surface area contributed by atoms with Gasteiger partial charge in [-0.1, -0.05) is 29.8 Å². The summed E-state index contributed by atoms with van der Waals surface area (Å²) in [6.45, 7) is 2.04. The normalized spacial score (nSPS) is 11.3. The largest absolute Gasteiger partial charge is 0.464 e. The molecule has 0 atom stereocenters. The maximum absolute atomic E-state index is 9.19. The third kappa shape index (κ3) is 2.80. The van der Waals surface area contributed by atoms with Crippen molar-refractivity contribution in [2.75, 3.05) is 0 Å². The maximum atomic E-state index is 9.19. The van der Waals surface area contributed by atoms with E-state index in [4.69, 9.17) is 8.83 Å². The van der Waals surface area contributed by atoms with Gasteiger partial charge in [-0.3, -0.25) is 0 Å². The zero-order chi connectivity index (χ0) is 14.7. The summed E-state index contributed by atoms with van der Waals surface area (Å²) in [5, 5.41) is 9.19. The van der Waals surface area contributed by atoms with Gasteiger partial charge in [-0.2, -0.15) is 5.26 Å². The first kappa shape index (κ1) is 13.0. The molecule has 0 unspecified atom stereocenters. The fourth-order valence-electron chi connectivity index (χ4n) is 2.04. The topological polar surface area (TPSA) is 50.1 Å². The van der Waals surface area contributed by atoms with Gasteiger partial charge >= 0.3 is 0 Å². The quantitative estimate of drug-likeness (QED) is 0.638. The minimum atomic E-state index is 0.435. The van der Waals surface area contributed by atoms with Crippen LogP contribution in [0.15, 0.2) is 63.6 Å². The van der Waals surface area contributed by atoms with E-state index in [0.29, 0.717) is 17.1 Å². The van der Waals surface area contributed by atoms with E-state index in [2.05, 4.69) is 6.07 Å². The van der Waals surface area contributed by atoms with Gasteiger partial charge in [-0.15, -0.1) is 0 Å². The molecule has 0 aliphatic heterocycles. The van der Waals surface area contributed by atoms with Crippen molar-refractivity contribution in [3.63, 3.8) is 0 Å². The number of rotatable bonds is 3. The van der Waals surface area contributed by atoms with E-state index in [1.165, 1.54) is 5.56 Å². The number of furan rings is 2. The Morgan fingerprint density at radius 2 is 1.90 bits per heavy atom. The van der Waals surface area contributed by atoms with Crippen LogP contribution in [-0.4, -0.2) is 0 Å². The van der Waals surface area contributed by atoms with E-state index in [-0.39, 0.29) is 0 Å². The number of hydrogen-bond donors (Lipinski definition) is 0. The van der Waals surface area contributed by atoms with E-state index in [1.54, 1.807) is 24.5 Å². The molecule has 0 aliphatic carbocycles. The molecule has 2 heterocycles. The zero-order valence-electron chi connectivity index (χ0n) is 11.5. The van der Waals surface area contributed by atoms with E-state index in [1.807, 2.05) is 43.3 Å². The molecular weight excluding hydrogens is 262 g/mol. The average molecular weight is 275 g/mol. The van der Waals surface area contributed by atoms with E-state index >= 15 is 0 Å². The third-order valence-corrected chi connectivity index (χ3v) is 3.16. The van der Waals surface area contributed by atoms with Gasteiger partial charge in [0, 0.05) is 11.6 Å². The van der Waals surface area contributed by atoms with Gasteiger partial charge < -0.3 is 8.83 Å². The van der Waals surface area contributed by atoms with Crippen LogP contribution in [0, 0.1) is 18.3 Å². The van der Waals surface area contributed by atoms with E-state index < -0.39 is 0 Å². The monoisotopic (exact) mass is 275 g/mol. The van der Waals surface area contributed by atoms with Crippen molar-refractivity contribution in [3.8, 4) is 17.4 Å². The standard InChI is InChI=1S/C18H13NO2/c1-13-4-6-14(7-5-13)18-9-8-16(21-18)11-15(12-19)17-3-2-10-20-17/h2-11H,1H3. The van der Waals surface area contributed by atoms with Crippen molar-refractivity contribution in [1.29, 1.82) is 5.26 Å². The molecule has 3 aromatic rings. The fourth-order valence-corrected chi connectivity index (χ4v) is 2.04. The third-order valence-electron chi connectivity index (χ3n) is 3.16. The van der Waals surface area contributed by atoms with Crippen LogP contribution in [0.25, 0.3) is 23.0 Å². The summed E-state index contributed by atoms with van der Waals surface area (Å²) in [6.07, 6.45) is 3.22. The van der Waals surface area contributed by atoms with Crippen LogP contribution in [0.2, 0.25) is 0 Å². The van der Waals surface area contributed by atoms with Crippen molar-refractivity contribution < 1.29 is 8.83 Å². The molecule has 0 bridgehead atoms. The predicted octanol–water partition coefficient (Wildman–Crippen LogP) is 4.91. The molecule has 0 saturated carbocycles. The van der Waals surface area contributed by atoms with Crippen molar-refractivity contribution in [2.45, 2.75) is 6.92 Å². The first-order chi connectivity index (χ1) is 10.3. The Labute approximate surface area is 122 Å². The minimum absolute atomic E-state index is 0.435. The molecule has 0 saturated heterocycles. The zero-order valence-corrected chi connectivity index (χ0v) is 11.5. The molecular formula is C18H13NO2. The number of aryl methyl sites for hydroxylation is 1. The minimum Gasteiger partial charge on any atom is -0.464 e. The highest BCUT2D eigenvalue weighted by Gasteiger charge is 2.07. The van der Waals surface area contributed by atoms with E-state index in [9.17, 15) is 5.26 Å². The average Bonchev–Trinajstić information content (AvgIpc) is 3.17. The Kier molecular flexibility index (Phi) is 3.44. The van der Waals surface area contributed by atoms with Gasteiger partial charge in [0.2, 0.25) is 0 Å². The smallest absolute Gasteiger partial charge is 0.144 e. The maximum Gasteiger partial charge on any atom is 0.144 e. The first-order valence-electron chi connectivity index (χ1n) is 6.59. The van der Waals surface area contributed by atoms with Gasteiger partial charge in [0.05, 0.1) is 11.8 Å². The summed E-state index contributed by atoms with van der Waals surface area (Å²) in [7, 11) is 0. The number of benzene rings is 1. The second-order valence-corrected chi connectivity index (χ2v) is 4.72. The molecule has 0 amide bonds. The second-order valence-electron chi connectivity index (χ2n) is 4.72. The van der Waals surface area contributed by atoms with Crippen LogP contribution in [0.3, 0.4) is 0 Å². The number of nitrogens with zero attached hydrogens (tertiary/aromatic N) is 1. The van der Waals surface area contributed by atoms with Crippen LogP contribution in [0.1, 0.15) is 17.1 Å². The fraction of sp³-hybridized carbons (Fsp3) is 0.0556. The summed E-state index contributed by atoms with van der Waals surface area (Å²) in [5.74, 6) is 1.93. The molecule has 0 fully saturated rings. The lowest BCUT2D eigenvalue weighted by molar-refractivity contribution is 0.553. The summed E-state index contributed by atoms with van der Waals surface area (Å²) in [5.41, 5.74) is 2.65. The summed E-state index contributed by atoms with van der Waals surface area (Å²) < 4.78 is 11.0. The molecule has 0 N–H and O–H groups in total. The molecule has 2 aromatic heterocycles. The second kappa shape index (κ2) is 5.56. The molecule has 1 aromatic carbocycles. The summed E-state index contributed by atoms with van der Waals surface area (Å²) >= 11 is 0. The Hall–Kier alpha value is -2.99. The lowest BCUT2D eigenvalue weighted by Crippen LogP contribution is -1.76. The van der Waals surface area contributed by atoms with Gasteiger partial charge in [-0.25, -0.2) is 0 Å². The van der Waals surface area contributed by atoms with Gasteiger partial charge in [0.15, 0.2) is 0 Å². The van der Waals surface area contributed by atoms with E-state index in [0.717, 1.165) is 11.3 Å². The first-order valence-corrected chi connectivity index (χ1v) is 6.59. The highest BCUT2D eigenvalue weighted by molar-refractivity contribution is 5.86. The van der Waals surface area contributed by atoms with Crippen molar-refractivity contribution >= 4 is 11.6 Å². The molecule has 0 aliphatic rings. The highest BCUT2D eigenvalue weighted by Crippen LogP contribution is 2.25. The molecule has 102 valence electrons. The predicted molar refractivity (Wildman–Crippen MR) is 81.1 cm³/mol. The number of allylic oxidation sites excluding steroid dienone is 1. The van der Waals surface area contributed by atoms with Crippen LogP contribution >= 0.6 is 0 Å². The molecule has 3 rings (SSSR count). The van der Waals surface area contributed by atoms with Crippen LogP contribution in [0.5, 0.6) is 0 Å². The SMILES string of the molecule is Cc1ccc(-c2ccc(C=C(C#N)c3ccco3)o2)cc1. The molecule has 3 nitrogen and oxygen atoms in total. The Balaban J connectivity index is 1.92. The van der Waals surface area contributed by atoms with Crippen molar-refractivity contribution in [1.82, 2.24) is 0 Å². The Morgan fingerprint density at radius 1 is 1.10 bits per heavy atom. The number of hydrogen-bond acceptors (Lipinski definition) is 3. The van der Waals surface area contributed by atoms with Crippen LogP contribution in [0.4, 0.5) is 0 Å². The molecule has 0 radical (unpaired) electrons. The van der Waals surface area contributed by atoms with Crippen molar-refractivity contribution in [3.05, 3.63) is 71.9 Å². The van der Waals surface area contributed by atoms with Crippen LogP contribution < -0.4 is 0 Å². The Bertz CT molecular complexity index is 800. The highest BCUT2D eigenvalue weighted by atomic mass is 16.3. The molecule has 0 spiro atoms. The summed E-state index contributed by atoms with van der Waals surface area (Å²) in [6, 6.07) is 17.5. The Morgan fingerprint density at radius 3 is 2.57 bits per heavy atom. The summed E-state index contributed by atoms with van der Waals surface area (Å²) in [4.78, 5) is 0. The lowest BCUT2D eigenvalue weighted by Gasteiger charge is -1.97. The van der Waals surface area contributed by atoms with Gasteiger partial charge in [0.25, 0.3) is 0 Å². The molecule has 3 heteroatoms. The number of nitriles is 1. The molecule has 21 heavy (non-hydrogen) atoms. The van der Waals surface area contributed by atoms with Gasteiger partial charge in [0.1, 0.15) is 23.3 Å². The van der Waals surface area contributed by atoms with Gasteiger partial charge in [-0.05, 0) is 31.2 Å². The lowest BCUT2D eigenvalue weighted by atomic mass is 10.1. The van der Waals surface area contributed by atoms with Crippen LogP contribution in [-0.2, 0) is 0 Å².